The lowest BCUT2D eigenvalue weighted by atomic mass is 9.97. The lowest BCUT2D eigenvalue weighted by Gasteiger charge is -2.32. The summed E-state index contributed by atoms with van der Waals surface area (Å²) < 4.78 is 62.4. The van der Waals surface area contributed by atoms with Crippen LogP contribution in [0.2, 0.25) is 0 Å². The molecule has 2 aromatic carbocycles. The Hall–Kier alpha value is -2.43. The molecule has 4 rings (SSSR count). The van der Waals surface area contributed by atoms with Gasteiger partial charge in [-0.15, -0.1) is 11.8 Å². The number of likely N-dealkylation sites (tertiary alicyclic amines) is 1. The highest BCUT2D eigenvalue weighted by Crippen LogP contribution is 2.36. The molecule has 1 amide bonds. The predicted molar refractivity (Wildman–Crippen MR) is 134 cm³/mol. The summed E-state index contributed by atoms with van der Waals surface area (Å²) in [6, 6.07) is 9.28. The van der Waals surface area contributed by atoms with E-state index < -0.39 is 48.3 Å². The van der Waals surface area contributed by atoms with Gasteiger partial charge in [-0.05, 0) is 47.4 Å². The summed E-state index contributed by atoms with van der Waals surface area (Å²) in [4.78, 5) is 27.8. The second kappa shape index (κ2) is 11.1. The molecule has 2 heterocycles. The van der Waals surface area contributed by atoms with Gasteiger partial charge in [0.2, 0.25) is 5.91 Å². The molecule has 0 aliphatic carbocycles. The molecule has 0 bridgehead atoms. The van der Waals surface area contributed by atoms with Gasteiger partial charge in [0, 0.05) is 4.90 Å². The second-order valence-corrected chi connectivity index (χ2v) is 10.7. The molecule has 37 heavy (non-hydrogen) atoms. The average Bonchev–Trinajstić information content (AvgIpc) is 3.40. The Labute approximate surface area is 217 Å². The van der Waals surface area contributed by atoms with Crippen molar-refractivity contribution in [3.63, 3.8) is 0 Å². The first-order valence-corrected chi connectivity index (χ1v) is 13.4. The summed E-state index contributed by atoms with van der Waals surface area (Å²) in [7, 11) is 0. The number of fused-ring (bicyclic) bond motifs is 1. The Morgan fingerprint density at radius 3 is 2.24 bits per heavy atom. The number of Topliss-reactive ketones (excluding diaryl/α,β-unsaturated/α-hetero) is 1. The third kappa shape index (κ3) is 6.02. The molecule has 1 N–H and O–H groups in total. The van der Waals surface area contributed by atoms with Gasteiger partial charge in [-0.25, -0.2) is 4.39 Å². The van der Waals surface area contributed by atoms with Crippen molar-refractivity contribution in [1.82, 2.24) is 10.2 Å². The third-order valence-corrected chi connectivity index (χ3v) is 7.52. The monoisotopic (exact) mass is 538 g/mol. The lowest BCUT2D eigenvalue weighted by molar-refractivity contribution is -0.163. The highest BCUT2D eigenvalue weighted by Gasteiger charge is 2.54. The van der Waals surface area contributed by atoms with Crippen LogP contribution in [0.5, 0.6) is 0 Å². The standard InChI is InChI=1S/C27H30F4N2O3S/c1-15(2)12-21(26(35)33-13-20(28)24-23(33)22(34)14-36-24)32-25(27(29,30)31)18-6-4-16(5-7-18)17-8-10-19(37-3)11-9-17/h4-11,15,20-21,23-25,32H,12-14H2,1-3H3/t20-,21-,23+,24+,25-/m0/s1. The molecule has 5 nitrogen and oxygen atoms in total. The number of carbonyl (C=O) groups is 2. The Morgan fingerprint density at radius 2 is 1.70 bits per heavy atom. The lowest BCUT2D eigenvalue weighted by Crippen LogP contribution is -2.53. The summed E-state index contributed by atoms with van der Waals surface area (Å²) >= 11 is 1.60. The van der Waals surface area contributed by atoms with Gasteiger partial charge in [-0.3, -0.25) is 14.9 Å². The van der Waals surface area contributed by atoms with Gasteiger partial charge in [0.1, 0.15) is 31.0 Å². The molecule has 2 aliphatic rings. The zero-order chi connectivity index (χ0) is 26.9. The van der Waals surface area contributed by atoms with Gasteiger partial charge in [-0.2, -0.15) is 13.2 Å². The van der Waals surface area contributed by atoms with Crippen LogP contribution in [0.25, 0.3) is 11.1 Å². The number of hydrogen-bond donors (Lipinski definition) is 1. The molecule has 0 radical (unpaired) electrons. The molecule has 0 unspecified atom stereocenters. The summed E-state index contributed by atoms with van der Waals surface area (Å²) in [5, 5.41) is 2.51. The maximum absolute atomic E-state index is 14.5. The number of nitrogens with zero attached hydrogens (tertiary/aromatic N) is 1. The number of amides is 1. The third-order valence-electron chi connectivity index (χ3n) is 6.77. The Balaban J connectivity index is 1.58. The molecule has 2 aliphatic heterocycles. The summed E-state index contributed by atoms with van der Waals surface area (Å²) in [6.07, 6.45) is -5.27. The van der Waals surface area contributed by atoms with Crippen LogP contribution >= 0.6 is 11.8 Å². The van der Waals surface area contributed by atoms with E-state index in [9.17, 15) is 27.2 Å². The molecular formula is C27H30F4N2O3S. The second-order valence-electron chi connectivity index (χ2n) is 9.87. The van der Waals surface area contributed by atoms with Crippen LogP contribution in [0.15, 0.2) is 53.4 Å². The Kier molecular flexibility index (Phi) is 8.30. The number of rotatable bonds is 8. The minimum absolute atomic E-state index is 0.0403. The first kappa shape index (κ1) is 27.6. The van der Waals surface area contributed by atoms with Crippen molar-refractivity contribution >= 4 is 23.5 Å². The van der Waals surface area contributed by atoms with Crippen LogP contribution in [0.1, 0.15) is 31.9 Å². The van der Waals surface area contributed by atoms with Crippen molar-refractivity contribution in [2.75, 3.05) is 19.4 Å². The van der Waals surface area contributed by atoms with Gasteiger partial charge >= 0.3 is 6.18 Å². The number of alkyl halides is 4. The van der Waals surface area contributed by atoms with Crippen molar-refractivity contribution in [2.24, 2.45) is 5.92 Å². The van der Waals surface area contributed by atoms with Crippen LogP contribution in [0.3, 0.4) is 0 Å². The zero-order valence-electron chi connectivity index (χ0n) is 20.8. The van der Waals surface area contributed by atoms with Crippen molar-refractivity contribution in [3.05, 3.63) is 54.1 Å². The number of ketones is 1. The molecule has 2 saturated heterocycles. The number of thioether (sulfide) groups is 1. The first-order valence-electron chi connectivity index (χ1n) is 12.2. The van der Waals surface area contributed by atoms with Crippen LogP contribution in [-0.4, -0.2) is 66.5 Å². The first-order chi connectivity index (χ1) is 17.5. The highest BCUT2D eigenvalue weighted by atomic mass is 32.2. The molecular weight excluding hydrogens is 508 g/mol. The van der Waals surface area contributed by atoms with Crippen molar-refractivity contribution < 1.29 is 31.9 Å². The van der Waals surface area contributed by atoms with Gasteiger partial charge < -0.3 is 9.64 Å². The molecule has 10 heteroatoms. The van der Waals surface area contributed by atoms with E-state index in [1.807, 2.05) is 30.5 Å². The van der Waals surface area contributed by atoms with Crippen molar-refractivity contribution in [2.45, 2.75) is 61.7 Å². The van der Waals surface area contributed by atoms with E-state index in [0.29, 0.717) is 0 Å². The zero-order valence-corrected chi connectivity index (χ0v) is 21.6. The summed E-state index contributed by atoms with van der Waals surface area (Å²) in [6.45, 7) is 2.89. The maximum Gasteiger partial charge on any atom is 0.407 e. The van der Waals surface area contributed by atoms with Crippen LogP contribution < -0.4 is 5.32 Å². The predicted octanol–water partition coefficient (Wildman–Crippen LogP) is 5.20. The fourth-order valence-corrected chi connectivity index (χ4v) is 5.38. The van der Waals surface area contributed by atoms with Crippen LogP contribution in [-0.2, 0) is 14.3 Å². The van der Waals surface area contributed by atoms with Crippen LogP contribution in [0.4, 0.5) is 17.6 Å². The maximum atomic E-state index is 14.5. The van der Waals surface area contributed by atoms with E-state index in [1.165, 1.54) is 12.1 Å². The van der Waals surface area contributed by atoms with E-state index in [2.05, 4.69) is 5.32 Å². The number of nitrogens with one attached hydrogen (secondary N) is 1. The van der Waals surface area contributed by atoms with Crippen molar-refractivity contribution in [3.8, 4) is 11.1 Å². The SMILES string of the molecule is CSc1ccc(-c2ccc([C@H](N[C@@H](CC(C)C)C(=O)N3C[C@H](F)[C@H]4OCC(=O)[C@H]43)C(F)(F)F)cc2)cc1. The smallest absolute Gasteiger partial charge is 0.365 e. The van der Waals surface area contributed by atoms with Crippen LogP contribution in [0, 0.1) is 5.92 Å². The van der Waals surface area contributed by atoms with E-state index in [4.69, 9.17) is 4.74 Å². The number of ether oxygens (including phenoxy) is 1. The number of hydrogen-bond acceptors (Lipinski definition) is 5. The number of halogens is 4. The fraction of sp³-hybridized carbons (Fsp3) is 0.481. The number of carbonyl (C=O) groups excluding carboxylic acids is 2. The molecule has 5 atom stereocenters. The Bertz CT molecular complexity index is 1110. The van der Waals surface area contributed by atoms with E-state index in [1.54, 1.807) is 37.7 Å². The highest BCUT2D eigenvalue weighted by molar-refractivity contribution is 7.98. The largest absolute Gasteiger partial charge is 0.407 e. The van der Waals surface area contributed by atoms with E-state index in [-0.39, 0.29) is 31.1 Å². The quantitative estimate of drug-likeness (QED) is 0.370. The molecule has 0 spiro atoms. The fourth-order valence-electron chi connectivity index (χ4n) is 4.97. The topological polar surface area (TPSA) is 58.6 Å². The van der Waals surface area contributed by atoms with Gasteiger partial charge in [0.25, 0.3) is 0 Å². The molecule has 0 saturated carbocycles. The average molecular weight is 539 g/mol. The molecule has 0 aromatic heterocycles. The van der Waals surface area contributed by atoms with Gasteiger partial charge in [0.15, 0.2) is 5.78 Å². The minimum atomic E-state index is -4.69. The van der Waals surface area contributed by atoms with E-state index in [0.717, 1.165) is 20.9 Å². The van der Waals surface area contributed by atoms with E-state index >= 15 is 0 Å². The van der Waals surface area contributed by atoms with Gasteiger partial charge in [-0.1, -0.05) is 50.2 Å². The summed E-state index contributed by atoms with van der Waals surface area (Å²) in [5.41, 5.74) is 1.60. The molecule has 200 valence electrons. The minimum Gasteiger partial charge on any atom is -0.365 e. The Morgan fingerprint density at radius 1 is 1.11 bits per heavy atom. The number of benzene rings is 2. The summed E-state index contributed by atoms with van der Waals surface area (Å²) in [5.74, 6) is -1.28. The van der Waals surface area contributed by atoms with Gasteiger partial charge in [0.05, 0.1) is 12.6 Å². The molecule has 2 fully saturated rings. The normalized spacial score (nSPS) is 23.4. The molecule has 2 aromatic rings. The van der Waals surface area contributed by atoms with Crippen molar-refractivity contribution in [1.29, 1.82) is 0 Å².